The van der Waals surface area contributed by atoms with Crippen molar-refractivity contribution in [2.45, 2.75) is 33.1 Å². The van der Waals surface area contributed by atoms with Gasteiger partial charge in [0.05, 0.1) is 17.6 Å². The van der Waals surface area contributed by atoms with Crippen LogP contribution in [0.4, 0.5) is 5.69 Å². The first-order valence-corrected chi connectivity index (χ1v) is 8.37. The lowest BCUT2D eigenvalue weighted by Crippen LogP contribution is -2.14. The number of rotatable bonds is 5. The number of pyridine rings is 1. The molecule has 0 aliphatic carbocycles. The van der Waals surface area contributed by atoms with E-state index in [4.69, 9.17) is 0 Å². The maximum atomic E-state index is 12.3. The summed E-state index contributed by atoms with van der Waals surface area (Å²) in [6.07, 6.45) is 2.10. The number of hydrogen-bond donors (Lipinski definition) is 1. The van der Waals surface area contributed by atoms with Gasteiger partial charge in [-0.2, -0.15) is 5.10 Å². The molecular weight excluding hydrogens is 312 g/mol. The standard InChI is InChI=1S/C20H22N4O/c1-14(17-7-5-4-6-8-17)11-20(25)22-18-9-10-19(21-13-18)24-16(3)12-15(2)23-24/h4-10,12-14H,11H2,1-3H3,(H,22,25). The summed E-state index contributed by atoms with van der Waals surface area (Å²) < 4.78 is 1.79. The Hall–Kier alpha value is -2.95. The zero-order chi connectivity index (χ0) is 17.8. The van der Waals surface area contributed by atoms with E-state index in [0.717, 1.165) is 22.8 Å². The summed E-state index contributed by atoms with van der Waals surface area (Å²) in [4.78, 5) is 16.7. The first-order valence-electron chi connectivity index (χ1n) is 8.37. The molecule has 1 unspecified atom stereocenters. The van der Waals surface area contributed by atoms with E-state index in [2.05, 4.69) is 22.3 Å². The molecule has 0 saturated carbocycles. The van der Waals surface area contributed by atoms with Gasteiger partial charge in [-0.3, -0.25) is 4.79 Å². The summed E-state index contributed by atoms with van der Waals surface area (Å²) in [5.41, 5.74) is 3.83. The summed E-state index contributed by atoms with van der Waals surface area (Å²) in [7, 11) is 0. The zero-order valence-corrected chi connectivity index (χ0v) is 14.7. The second-order valence-electron chi connectivity index (χ2n) is 6.31. The van der Waals surface area contributed by atoms with Crippen LogP contribution in [-0.4, -0.2) is 20.7 Å². The molecular formula is C20H22N4O. The fourth-order valence-corrected chi connectivity index (χ4v) is 2.84. The minimum atomic E-state index is -0.0167. The van der Waals surface area contributed by atoms with Crippen LogP contribution in [0.1, 0.15) is 36.2 Å². The Morgan fingerprint density at radius 3 is 2.52 bits per heavy atom. The smallest absolute Gasteiger partial charge is 0.225 e. The maximum Gasteiger partial charge on any atom is 0.225 e. The molecule has 5 nitrogen and oxygen atoms in total. The molecule has 0 saturated heterocycles. The van der Waals surface area contributed by atoms with Gasteiger partial charge in [-0.15, -0.1) is 0 Å². The van der Waals surface area contributed by atoms with E-state index in [9.17, 15) is 4.79 Å². The van der Waals surface area contributed by atoms with Crippen molar-refractivity contribution in [3.8, 4) is 5.82 Å². The van der Waals surface area contributed by atoms with Gasteiger partial charge < -0.3 is 5.32 Å². The van der Waals surface area contributed by atoms with E-state index in [0.29, 0.717) is 12.1 Å². The van der Waals surface area contributed by atoms with Crippen molar-refractivity contribution in [3.63, 3.8) is 0 Å². The van der Waals surface area contributed by atoms with Crippen molar-refractivity contribution < 1.29 is 4.79 Å². The van der Waals surface area contributed by atoms with Crippen LogP contribution in [0.3, 0.4) is 0 Å². The summed E-state index contributed by atoms with van der Waals surface area (Å²) >= 11 is 0. The molecule has 1 amide bonds. The third-order valence-electron chi connectivity index (χ3n) is 4.12. The van der Waals surface area contributed by atoms with Gasteiger partial charge in [0, 0.05) is 12.1 Å². The van der Waals surface area contributed by atoms with Crippen LogP contribution in [0, 0.1) is 13.8 Å². The van der Waals surface area contributed by atoms with Crippen molar-refractivity contribution in [2.24, 2.45) is 0 Å². The van der Waals surface area contributed by atoms with Crippen LogP contribution in [-0.2, 0) is 4.79 Å². The predicted molar refractivity (Wildman–Crippen MR) is 98.9 cm³/mol. The van der Waals surface area contributed by atoms with Crippen molar-refractivity contribution in [1.29, 1.82) is 0 Å². The molecule has 25 heavy (non-hydrogen) atoms. The summed E-state index contributed by atoms with van der Waals surface area (Å²) in [5.74, 6) is 0.890. The van der Waals surface area contributed by atoms with Crippen molar-refractivity contribution in [3.05, 3.63) is 71.7 Å². The van der Waals surface area contributed by atoms with E-state index in [1.165, 1.54) is 0 Å². The van der Waals surface area contributed by atoms with Crippen LogP contribution in [0.15, 0.2) is 54.7 Å². The van der Waals surface area contributed by atoms with E-state index in [1.54, 1.807) is 10.9 Å². The third kappa shape index (κ3) is 4.12. The SMILES string of the molecule is Cc1cc(C)n(-c2ccc(NC(=O)CC(C)c3ccccc3)cn2)n1. The second kappa shape index (κ2) is 7.30. The summed E-state index contributed by atoms with van der Waals surface area (Å²) in [6, 6.07) is 15.8. The Labute approximate surface area is 147 Å². The van der Waals surface area contributed by atoms with Crippen LogP contribution in [0.25, 0.3) is 5.82 Å². The minimum absolute atomic E-state index is 0.0167. The van der Waals surface area contributed by atoms with Crippen molar-refractivity contribution in [2.75, 3.05) is 5.32 Å². The van der Waals surface area contributed by atoms with Gasteiger partial charge in [-0.05, 0) is 43.5 Å². The average Bonchev–Trinajstić information content (AvgIpc) is 2.94. The fraction of sp³-hybridized carbons (Fsp3) is 0.250. The number of aryl methyl sites for hydroxylation is 2. The zero-order valence-electron chi connectivity index (χ0n) is 14.7. The predicted octanol–water partition coefficient (Wildman–Crippen LogP) is 4.02. The number of anilines is 1. The highest BCUT2D eigenvalue weighted by Crippen LogP contribution is 2.19. The number of nitrogens with zero attached hydrogens (tertiary/aromatic N) is 3. The van der Waals surface area contributed by atoms with Gasteiger partial charge in [0.15, 0.2) is 5.82 Å². The fourth-order valence-electron chi connectivity index (χ4n) is 2.84. The number of carbonyl (C=O) groups is 1. The summed E-state index contributed by atoms with van der Waals surface area (Å²) in [5, 5.41) is 7.32. The second-order valence-corrected chi connectivity index (χ2v) is 6.31. The molecule has 1 N–H and O–H groups in total. The average molecular weight is 334 g/mol. The Kier molecular flexibility index (Phi) is 4.93. The Morgan fingerprint density at radius 1 is 1.16 bits per heavy atom. The molecule has 0 bridgehead atoms. The van der Waals surface area contributed by atoms with Gasteiger partial charge >= 0.3 is 0 Å². The molecule has 2 heterocycles. The first-order chi connectivity index (χ1) is 12.0. The molecule has 0 fully saturated rings. The van der Waals surface area contributed by atoms with Gasteiger partial charge in [-0.1, -0.05) is 37.3 Å². The van der Waals surface area contributed by atoms with Crippen LogP contribution < -0.4 is 5.32 Å². The summed E-state index contributed by atoms with van der Waals surface area (Å²) in [6.45, 7) is 5.99. The highest BCUT2D eigenvalue weighted by atomic mass is 16.1. The molecule has 5 heteroatoms. The minimum Gasteiger partial charge on any atom is -0.325 e. The van der Waals surface area contributed by atoms with E-state index >= 15 is 0 Å². The maximum absolute atomic E-state index is 12.3. The molecule has 0 radical (unpaired) electrons. The van der Waals surface area contributed by atoms with E-state index in [1.807, 2.05) is 62.4 Å². The van der Waals surface area contributed by atoms with Gasteiger partial charge in [-0.25, -0.2) is 9.67 Å². The molecule has 0 spiro atoms. The lowest BCUT2D eigenvalue weighted by atomic mass is 9.97. The Bertz CT molecular complexity index is 853. The Balaban J connectivity index is 1.63. The monoisotopic (exact) mass is 334 g/mol. The lowest BCUT2D eigenvalue weighted by Gasteiger charge is -2.12. The van der Waals surface area contributed by atoms with Crippen molar-refractivity contribution in [1.82, 2.24) is 14.8 Å². The van der Waals surface area contributed by atoms with E-state index < -0.39 is 0 Å². The molecule has 128 valence electrons. The number of carbonyl (C=O) groups excluding carboxylic acids is 1. The molecule has 0 aliphatic rings. The lowest BCUT2D eigenvalue weighted by molar-refractivity contribution is -0.116. The van der Waals surface area contributed by atoms with Gasteiger partial charge in [0.25, 0.3) is 0 Å². The van der Waals surface area contributed by atoms with Crippen LogP contribution in [0.2, 0.25) is 0 Å². The van der Waals surface area contributed by atoms with Gasteiger partial charge in [0.1, 0.15) is 0 Å². The normalized spacial score (nSPS) is 12.0. The van der Waals surface area contributed by atoms with Crippen molar-refractivity contribution >= 4 is 11.6 Å². The number of amides is 1. The Morgan fingerprint density at radius 2 is 1.92 bits per heavy atom. The molecule has 2 aromatic heterocycles. The topological polar surface area (TPSA) is 59.8 Å². The first kappa shape index (κ1) is 16.9. The van der Waals surface area contributed by atoms with Crippen LogP contribution in [0.5, 0.6) is 0 Å². The molecule has 3 aromatic rings. The molecule has 3 rings (SSSR count). The third-order valence-corrected chi connectivity index (χ3v) is 4.12. The number of aromatic nitrogens is 3. The largest absolute Gasteiger partial charge is 0.325 e. The number of nitrogens with one attached hydrogen (secondary N) is 1. The number of benzene rings is 1. The quantitative estimate of drug-likeness (QED) is 0.767. The number of hydrogen-bond acceptors (Lipinski definition) is 3. The van der Waals surface area contributed by atoms with Crippen LogP contribution >= 0.6 is 0 Å². The van der Waals surface area contributed by atoms with E-state index in [-0.39, 0.29) is 11.8 Å². The highest BCUT2D eigenvalue weighted by Gasteiger charge is 2.12. The highest BCUT2D eigenvalue weighted by molar-refractivity contribution is 5.91. The molecule has 1 aromatic carbocycles. The molecule has 1 atom stereocenters. The molecule has 0 aliphatic heterocycles. The van der Waals surface area contributed by atoms with Gasteiger partial charge in [0.2, 0.25) is 5.91 Å².